The summed E-state index contributed by atoms with van der Waals surface area (Å²) < 4.78 is 1.28. The number of halogens is 2. The van der Waals surface area contributed by atoms with Crippen molar-refractivity contribution in [2.45, 2.75) is 12.3 Å². The first-order valence-electron chi connectivity index (χ1n) is 10.6. The van der Waals surface area contributed by atoms with Crippen molar-refractivity contribution in [3.8, 4) is 0 Å². The van der Waals surface area contributed by atoms with Crippen LogP contribution in [0.3, 0.4) is 0 Å². The first-order chi connectivity index (χ1) is 15.3. The second-order valence-electron chi connectivity index (χ2n) is 8.12. The van der Waals surface area contributed by atoms with Crippen LogP contribution < -0.4 is 24.8 Å². The molecule has 1 heterocycles. The van der Waals surface area contributed by atoms with Gasteiger partial charge in [-0.2, -0.15) is 0 Å². The van der Waals surface area contributed by atoms with E-state index >= 15 is 0 Å². The number of allylic oxidation sites excluding steroid dienone is 1. The van der Waals surface area contributed by atoms with Gasteiger partial charge in [0.15, 0.2) is 0 Å². The van der Waals surface area contributed by atoms with Gasteiger partial charge in [-0.25, -0.2) is 0 Å². The van der Waals surface area contributed by atoms with E-state index in [1.807, 2.05) is 12.3 Å². The Hall–Kier alpha value is -2.60. The number of rotatable bonds is 3. The third-order valence-corrected chi connectivity index (χ3v) is 7.11. The van der Waals surface area contributed by atoms with Gasteiger partial charge in [0.05, 0.1) is 0 Å². The van der Waals surface area contributed by atoms with Crippen molar-refractivity contribution in [2.24, 2.45) is 0 Å². The summed E-state index contributed by atoms with van der Waals surface area (Å²) in [7, 11) is 0. The Morgan fingerprint density at radius 1 is 0.697 bits per heavy atom. The Labute approximate surface area is 214 Å². The summed E-state index contributed by atoms with van der Waals surface area (Å²) in [4.78, 5) is 4.81. The van der Waals surface area contributed by atoms with E-state index in [9.17, 15) is 0 Å². The van der Waals surface area contributed by atoms with Gasteiger partial charge in [-0.3, -0.25) is 0 Å². The molecule has 0 radical (unpaired) electrons. The molecule has 0 saturated heterocycles. The number of pyridine rings is 1. The first kappa shape index (κ1) is 23.6. The van der Waals surface area contributed by atoms with E-state index in [2.05, 4.69) is 107 Å². The summed E-state index contributed by atoms with van der Waals surface area (Å²) in [5, 5.41) is 3.80. The van der Waals surface area contributed by atoms with Crippen LogP contribution in [-0.2, 0) is 22.7 Å². The third-order valence-electron chi connectivity index (χ3n) is 6.36. The number of nitrogens with zero attached hydrogens (tertiary/aromatic N) is 1. The molecule has 1 atom stereocenters. The van der Waals surface area contributed by atoms with Gasteiger partial charge in [0.2, 0.25) is 0 Å². The Balaban J connectivity index is 0.00000130. The summed E-state index contributed by atoms with van der Waals surface area (Å²) in [5.74, 6) is 0.177. The molecule has 1 nitrogen and oxygen atoms in total. The fourth-order valence-corrected chi connectivity index (χ4v) is 5.56. The van der Waals surface area contributed by atoms with Crippen molar-refractivity contribution in [3.63, 3.8) is 0 Å². The molecule has 5 aromatic rings. The molecule has 33 heavy (non-hydrogen) atoms. The second-order valence-corrected chi connectivity index (χ2v) is 8.76. The standard InChI is InChI=1S/C29H20N.2ClH.Cr/c1-2-8-20(9-3-1)18-24-19-23-16-15-21-10-4-5-13-25(21)27(23)28(24)26-14-6-11-22-12-7-17-30-29(22)26;;;/h1-17,28H,18H2;2*1H;/q;;;+2/p-2. The van der Waals surface area contributed by atoms with Crippen LogP contribution in [0.2, 0.25) is 0 Å². The van der Waals surface area contributed by atoms with E-state index in [0.29, 0.717) is 0 Å². The first-order valence-corrected chi connectivity index (χ1v) is 11.2. The van der Waals surface area contributed by atoms with Crippen LogP contribution in [0.15, 0.2) is 109 Å². The van der Waals surface area contributed by atoms with Gasteiger partial charge in [-0.1, -0.05) is 0 Å². The summed E-state index contributed by atoms with van der Waals surface area (Å²) in [6, 6.07) is 34.8. The average molecular weight is 505 g/mol. The summed E-state index contributed by atoms with van der Waals surface area (Å²) in [6.45, 7) is 0. The minimum atomic E-state index is 0. The molecule has 1 unspecified atom stereocenters. The van der Waals surface area contributed by atoms with Gasteiger partial charge in [-0.05, 0) is 0 Å². The molecule has 161 valence electrons. The molecule has 0 bridgehead atoms. The van der Waals surface area contributed by atoms with Crippen LogP contribution in [0, 0.1) is 0 Å². The number of benzene rings is 4. The van der Waals surface area contributed by atoms with Gasteiger partial charge < -0.3 is 24.8 Å². The summed E-state index contributed by atoms with van der Waals surface area (Å²) in [6.07, 6.45) is 2.82. The zero-order valence-electron chi connectivity index (χ0n) is 17.7. The number of aromatic nitrogens is 1. The fraction of sp³-hybridized carbons (Fsp3) is 0.0690. The van der Waals surface area contributed by atoms with E-state index < -0.39 is 0 Å². The van der Waals surface area contributed by atoms with E-state index in [1.54, 1.807) is 0 Å². The van der Waals surface area contributed by atoms with Crippen LogP contribution in [0.1, 0.15) is 28.2 Å². The van der Waals surface area contributed by atoms with Crippen LogP contribution in [0.5, 0.6) is 0 Å². The van der Waals surface area contributed by atoms with Crippen LogP contribution in [0.25, 0.3) is 26.1 Å². The molecule has 1 aromatic heterocycles. The Bertz CT molecular complexity index is 1470. The molecule has 6 rings (SSSR count). The molecule has 0 fully saturated rings. The van der Waals surface area contributed by atoms with Gasteiger partial charge in [0.25, 0.3) is 0 Å². The van der Waals surface area contributed by atoms with Crippen LogP contribution in [-0.4, -0.2) is 4.98 Å². The van der Waals surface area contributed by atoms with Gasteiger partial charge in [0, 0.05) is 0 Å². The Morgan fingerprint density at radius 2 is 1.42 bits per heavy atom. The summed E-state index contributed by atoms with van der Waals surface area (Å²) in [5.41, 5.74) is 7.86. The van der Waals surface area contributed by atoms with E-state index in [-0.39, 0.29) is 30.7 Å². The molecule has 0 amide bonds. The van der Waals surface area contributed by atoms with Gasteiger partial charge >= 0.3 is 191 Å². The molecule has 1 aliphatic rings. The predicted octanol–water partition coefficient (Wildman–Crippen LogP) is 1.04. The number of hydrogen-bond acceptors (Lipinski definition) is 1. The average Bonchev–Trinajstić information content (AvgIpc) is 3.11. The number of hydrogen-bond donors (Lipinski definition) is 0. The maximum atomic E-state index is 4.81. The predicted molar refractivity (Wildman–Crippen MR) is 125 cm³/mol. The molecular formula is C29H20Cl2CrN. The van der Waals surface area contributed by atoms with E-state index in [4.69, 9.17) is 4.98 Å². The topological polar surface area (TPSA) is 12.9 Å². The zero-order valence-corrected chi connectivity index (χ0v) is 20.5. The van der Waals surface area contributed by atoms with Crippen molar-refractivity contribution in [2.75, 3.05) is 0 Å². The summed E-state index contributed by atoms with van der Waals surface area (Å²) >= 11 is 3.44. The van der Waals surface area contributed by atoms with Crippen molar-refractivity contribution in [1.82, 2.24) is 4.98 Å². The van der Waals surface area contributed by atoms with Crippen molar-refractivity contribution >= 4 is 26.1 Å². The SMILES string of the molecule is [Cl-].[Cl-].[Cr+2][C]1=C(Cc2ccccc2)C(c2cccc3cccnc23)c2c1ccc1ccccc21. The van der Waals surface area contributed by atoms with E-state index in [1.165, 1.54) is 48.4 Å². The van der Waals surface area contributed by atoms with E-state index in [0.717, 1.165) is 11.9 Å². The monoisotopic (exact) mass is 504 g/mol. The second kappa shape index (κ2) is 9.72. The zero-order chi connectivity index (χ0) is 20.8. The molecule has 4 heteroatoms. The van der Waals surface area contributed by atoms with Crippen molar-refractivity contribution in [3.05, 3.63) is 131 Å². The Morgan fingerprint density at radius 3 is 2.27 bits per heavy atom. The van der Waals surface area contributed by atoms with Crippen molar-refractivity contribution in [1.29, 1.82) is 0 Å². The number of fused-ring (bicyclic) bond motifs is 4. The molecule has 1 aliphatic carbocycles. The van der Waals surface area contributed by atoms with Gasteiger partial charge in [-0.15, -0.1) is 0 Å². The molecule has 0 saturated carbocycles. The quantitative estimate of drug-likeness (QED) is 0.358. The maximum absolute atomic E-state index is 4.81. The third kappa shape index (κ3) is 3.99. The molecular weight excluding hydrogens is 485 g/mol. The fourth-order valence-electron chi connectivity index (χ4n) is 4.98. The van der Waals surface area contributed by atoms with Crippen LogP contribution in [0.4, 0.5) is 0 Å². The van der Waals surface area contributed by atoms with Crippen molar-refractivity contribution < 1.29 is 41.1 Å². The van der Waals surface area contributed by atoms with Crippen LogP contribution >= 0.6 is 0 Å². The molecule has 0 spiro atoms. The Kier molecular flexibility index (Phi) is 6.94. The van der Waals surface area contributed by atoms with Gasteiger partial charge in [0.1, 0.15) is 0 Å². The molecule has 0 N–H and O–H groups in total. The molecule has 4 aromatic carbocycles. The number of para-hydroxylation sites is 1. The normalized spacial score (nSPS) is 14.6. The molecule has 0 aliphatic heterocycles. The minimum absolute atomic E-state index is 0.